The van der Waals surface area contributed by atoms with Crippen molar-refractivity contribution in [1.29, 1.82) is 0 Å². The standard InChI is InChI=1S/C17H16F4N2O4S/c1-2-7-23(9-10-3-5-11(6-4-10)17(24)22-25)28(26,27)13-8-12(18)14(19)16(21)15(13)20/h3-6,8,25H,2,7,9H2,1H3,(H,22,24). The minimum atomic E-state index is -4.69. The van der Waals surface area contributed by atoms with Crippen LogP contribution in [0.15, 0.2) is 35.2 Å². The Morgan fingerprint density at radius 1 is 1.07 bits per heavy atom. The first-order valence-electron chi connectivity index (χ1n) is 8.00. The van der Waals surface area contributed by atoms with Gasteiger partial charge in [-0.2, -0.15) is 4.31 Å². The molecule has 0 aromatic heterocycles. The maximum atomic E-state index is 14.0. The second kappa shape index (κ2) is 8.67. The molecule has 2 N–H and O–H groups in total. The van der Waals surface area contributed by atoms with E-state index in [0.29, 0.717) is 12.0 Å². The summed E-state index contributed by atoms with van der Waals surface area (Å²) in [6.45, 7) is 1.23. The first-order chi connectivity index (χ1) is 13.1. The van der Waals surface area contributed by atoms with Gasteiger partial charge >= 0.3 is 0 Å². The van der Waals surface area contributed by atoms with Crippen LogP contribution in [0.4, 0.5) is 17.6 Å². The van der Waals surface area contributed by atoms with Crippen molar-refractivity contribution < 1.29 is 36.0 Å². The van der Waals surface area contributed by atoms with Gasteiger partial charge in [-0.1, -0.05) is 19.1 Å². The minimum absolute atomic E-state index is 0.0976. The summed E-state index contributed by atoms with van der Waals surface area (Å²) in [5, 5.41) is 8.59. The Balaban J connectivity index is 2.41. The summed E-state index contributed by atoms with van der Waals surface area (Å²) < 4.78 is 80.3. The second-order valence-electron chi connectivity index (χ2n) is 5.77. The second-order valence-corrected chi connectivity index (χ2v) is 7.68. The van der Waals surface area contributed by atoms with E-state index < -0.39 is 44.1 Å². The molecule has 0 aliphatic rings. The molecule has 0 aliphatic carbocycles. The predicted molar refractivity (Wildman–Crippen MR) is 89.9 cm³/mol. The average molecular weight is 420 g/mol. The van der Waals surface area contributed by atoms with Crippen LogP contribution in [0.5, 0.6) is 0 Å². The van der Waals surface area contributed by atoms with E-state index in [4.69, 9.17) is 5.21 Å². The van der Waals surface area contributed by atoms with Crippen LogP contribution in [0.2, 0.25) is 0 Å². The molecule has 0 radical (unpaired) electrons. The number of hydrogen-bond donors (Lipinski definition) is 2. The number of amides is 1. The average Bonchev–Trinajstić information content (AvgIpc) is 2.68. The topological polar surface area (TPSA) is 86.7 Å². The van der Waals surface area contributed by atoms with Gasteiger partial charge in [0.15, 0.2) is 23.3 Å². The molecule has 0 unspecified atom stereocenters. The number of hydroxylamine groups is 1. The van der Waals surface area contributed by atoms with Gasteiger partial charge in [-0.15, -0.1) is 0 Å². The van der Waals surface area contributed by atoms with Crippen LogP contribution in [-0.2, 0) is 16.6 Å². The Kier molecular flexibility index (Phi) is 6.75. The number of hydrogen-bond acceptors (Lipinski definition) is 4. The molecule has 0 bridgehead atoms. The number of carbonyl (C=O) groups is 1. The lowest BCUT2D eigenvalue weighted by Crippen LogP contribution is -2.32. The van der Waals surface area contributed by atoms with Crippen LogP contribution in [0, 0.1) is 23.3 Å². The van der Waals surface area contributed by atoms with Crippen molar-refractivity contribution in [3.05, 3.63) is 64.7 Å². The van der Waals surface area contributed by atoms with Gasteiger partial charge in [0.05, 0.1) is 0 Å². The SMILES string of the molecule is CCCN(Cc1ccc(C(=O)NO)cc1)S(=O)(=O)c1cc(F)c(F)c(F)c1F. The summed E-state index contributed by atoms with van der Waals surface area (Å²) in [4.78, 5) is 10.0. The molecule has 2 aromatic rings. The van der Waals surface area contributed by atoms with Crippen molar-refractivity contribution in [2.45, 2.75) is 24.8 Å². The van der Waals surface area contributed by atoms with E-state index in [9.17, 15) is 30.8 Å². The van der Waals surface area contributed by atoms with Crippen molar-refractivity contribution >= 4 is 15.9 Å². The zero-order valence-electron chi connectivity index (χ0n) is 14.5. The fraction of sp³-hybridized carbons (Fsp3) is 0.235. The Bertz CT molecular complexity index is 982. The molecule has 0 spiro atoms. The molecule has 0 heterocycles. The Morgan fingerprint density at radius 3 is 2.21 bits per heavy atom. The van der Waals surface area contributed by atoms with Crippen molar-refractivity contribution in [1.82, 2.24) is 9.79 Å². The number of benzene rings is 2. The third-order valence-electron chi connectivity index (χ3n) is 3.84. The van der Waals surface area contributed by atoms with E-state index in [1.165, 1.54) is 29.7 Å². The molecule has 0 atom stereocenters. The molecule has 11 heteroatoms. The monoisotopic (exact) mass is 420 g/mol. The third-order valence-corrected chi connectivity index (χ3v) is 5.68. The molecule has 2 aromatic carbocycles. The van der Waals surface area contributed by atoms with Crippen LogP contribution < -0.4 is 5.48 Å². The number of nitrogens with one attached hydrogen (secondary N) is 1. The number of halogens is 4. The summed E-state index contributed by atoms with van der Waals surface area (Å²) in [5.41, 5.74) is 1.93. The highest BCUT2D eigenvalue weighted by Crippen LogP contribution is 2.26. The summed E-state index contributed by atoms with van der Waals surface area (Å²) in [6, 6.07) is 5.52. The summed E-state index contributed by atoms with van der Waals surface area (Å²) in [5.74, 6) is -8.92. The first kappa shape index (κ1) is 21.8. The molecule has 0 aliphatic heterocycles. The lowest BCUT2D eigenvalue weighted by Gasteiger charge is -2.22. The molecule has 28 heavy (non-hydrogen) atoms. The predicted octanol–water partition coefficient (Wildman–Crippen LogP) is 2.96. The van der Waals surface area contributed by atoms with E-state index >= 15 is 0 Å². The van der Waals surface area contributed by atoms with Crippen molar-refractivity contribution in [3.8, 4) is 0 Å². The number of sulfonamides is 1. The zero-order chi connectivity index (χ0) is 21.1. The van der Waals surface area contributed by atoms with Crippen molar-refractivity contribution in [2.24, 2.45) is 0 Å². The molecular formula is C17H16F4N2O4S. The lowest BCUT2D eigenvalue weighted by molar-refractivity contribution is 0.0706. The Hall–Kier alpha value is -2.50. The zero-order valence-corrected chi connectivity index (χ0v) is 15.4. The minimum Gasteiger partial charge on any atom is -0.288 e. The normalized spacial score (nSPS) is 11.7. The largest absolute Gasteiger partial charge is 0.288 e. The van der Waals surface area contributed by atoms with Crippen LogP contribution in [0.25, 0.3) is 0 Å². The maximum Gasteiger partial charge on any atom is 0.274 e. The summed E-state index contributed by atoms with van der Waals surface area (Å²) in [7, 11) is -4.69. The fourth-order valence-corrected chi connectivity index (χ4v) is 4.03. The third kappa shape index (κ3) is 4.32. The highest BCUT2D eigenvalue weighted by molar-refractivity contribution is 7.89. The van der Waals surface area contributed by atoms with Gasteiger partial charge < -0.3 is 0 Å². The highest BCUT2D eigenvalue weighted by Gasteiger charge is 2.31. The molecular weight excluding hydrogens is 404 g/mol. The van der Waals surface area contributed by atoms with Gasteiger partial charge in [0.2, 0.25) is 10.0 Å². The molecule has 2 rings (SSSR count). The van der Waals surface area contributed by atoms with E-state index in [1.54, 1.807) is 6.92 Å². The van der Waals surface area contributed by atoms with Gasteiger partial charge in [0, 0.05) is 24.7 Å². The number of carbonyl (C=O) groups excluding carboxylic acids is 1. The summed E-state index contributed by atoms with van der Waals surface area (Å²) >= 11 is 0. The molecule has 6 nitrogen and oxygen atoms in total. The van der Waals surface area contributed by atoms with Crippen LogP contribution >= 0.6 is 0 Å². The van der Waals surface area contributed by atoms with Crippen LogP contribution in [0.1, 0.15) is 29.3 Å². The molecule has 1 amide bonds. The van der Waals surface area contributed by atoms with Crippen molar-refractivity contribution in [3.63, 3.8) is 0 Å². The van der Waals surface area contributed by atoms with Gasteiger partial charge in [-0.05, 0) is 24.1 Å². The van der Waals surface area contributed by atoms with E-state index in [1.807, 2.05) is 0 Å². The first-order valence-corrected chi connectivity index (χ1v) is 9.44. The van der Waals surface area contributed by atoms with Gasteiger partial charge in [-0.25, -0.2) is 31.5 Å². The Labute approximate surface area is 158 Å². The molecule has 0 saturated heterocycles. The fourth-order valence-electron chi connectivity index (χ4n) is 2.44. The maximum absolute atomic E-state index is 14.0. The number of rotatable bonds is 7. The quantitative estimate of drug-likeness (QED) is 0.237. The highest BCUT2D eigenvalue weighted by atomic mass is 32.2. The van der Waals surface area contributed by atoms with Gasteiger partial charge in [0.25, 0.3) is 5.91 Å². The molecule has 0 saturated carbocycles. The molecule has 0 fully saturated rings. The Morgan fingerprint density at radius 2 is 1.68 bits per heavy atom. The van der Waals surface area contributed by atoms with Crippen LogP contribution in [-0.4, -0.2) is 30.4 Å². The van der Waals surface area contributed by atoms with Crippen molar-refractivity contribution in [2.75, 3.05) is 6.54 Å². The van der Waals surface area contributed by atoms with E-state index in [2.05, 4.69) is 0 Å². The molecule has 152 valence electrons. The van der Waals surface area contributed by atoms with E-state index in [-0.39, 0.29) is 24.7 Å². The van der Waals surface area contributed by atoms with Gasteiger partial charge in [0.1, 0.15) is 4.90 Å². The number of nitrogens with zero attached hydrogens (tertiary/aromatic N) is 1. The lowest BCUT2D eigenvalue weighted by atomic mass is 10.1. The van der Waals surface area contributed by atoms with Crippen LogP contribution in [0.3, 0.4) is 0 Å². The summed E-state index contributed by atoms with van der Waals surface area (Å²) in [6.07, 6.45) is 0.304. The van der Waals surface area contributed by atoms with Gasteiger partial charge in [-0.3, -0.25) is 10.0 Å². The van der Waals surface area contributed by atoms with E-state index in [0.717, 1.165) is 4.31 Å². The smallest absolute Gasteiger partial charge is 0.274 e.